The second kappa shape index (κ2) is 4.33. The fraction of sp³-hybridized carbons (Fsp3) is 0.684. The lowest BCUT2D eigenvalue weighted by Gasteiger charge is -2.46. The van der Waals surface area contributed by atoms with Crippen LogP contribution in [0, 0.1) is 23.7 Å². The number of hydrogen-bond acceptors (Lipinski definition) is 2. The van der Waals surface area contributed by atoms with Gasteiger partial charge in [0.1, 0.15) is 0 Å². The van der Waals surface area contributed by atoms with Gasteiger partial charge in [0.15, 0.2) is 0 Å². The molecule has 1 aromatic rings. The summed E-state index contributed by atoms with van der Waals surface area (Å²) < 4.78 is 0. The quantitative estimate of drug-likeness (QED) is 0.830. The molecule has 3 fully saturated rings. The zero-order valence-electron chi connectivity index (χ0n) is 12.6. The standard InChI is InChI=1S/C19H25NO/c21-19(11-13-10-17(19)16-7-3-6-14(13)16)18-15-5-2-1-4-12(15)8-9-20-18/h1-2,4-5,13-14,16-18,20-21H,3,6-11H2. The van der Waals surface area contributed by atoms with Crippen LogP contribution in [0.3, 0.4) is 0 Å². The molecule has 0 aromatic heterocycles. The smallest absolute Gasteiger partial charge is 0.0875 e. The molecule has 4 aliphatic rings. The number of fused-ring (bicyclic) bond motifs is 6. The molecule has 0 spiro atoms. The van der Waals surface area contributed by atoms with Crippen molar-refractivity contribution in [3.05, 3.63) is 35.4 Å². The third-order valence-corrected chi connectivity index (χ3v) is 7.14. The Morgan fingerprint density at radius 3 is 2.95 bits per heavy atom. The topological polar surface area (TPSA) is 32.3 Å². The van der Waals surface area contributed by atoms with Gasteiger partial charge in [-0.2, -0.15) is 0 Å². The predicted molar refractivity (Wildman–Crippen MR) is 82.9 cm³/mol. The van der Waals surface area contributed by atoms with Crippen LogP contribution in [-0.2, 0) is 6.42 Å². The Hall–Kier alpha value is -0.860. The minimum absolute atomic E-state index is 0.166. The van der Waals surface area contributed by atoms with Crippen LogP contribution in [0.4, 0.5) is 0 Å². The number of aliphatic hydroxyl groups is 1. The van der Waals surface area contributed by atoms with Crippen LogP contribution in [-0.4, -0.2) is 17.3 Å². The Morgan fingerprint density at radius 2 is 2.00 bits per heavy atom. The third-order valence-electron chi connectivity index (χ3n) is 7.14. The highest BCUT2D eigenvalue weighted by molar-refractivity contribution is 5.36. The second-order valence-corrected chi connectivity index (χ2v) is 7.89. The molecular formula is C19H25NO. The van der Waals surface area contributed by atoms with Gasteiger partial charge in [-0.15, -0.1) is 0 Å². The molecule has 1 aliphatic heterocycles. The molecule has 0 radical (unpaired) electrons. The minimum Gasteiger partial charge on any atom is -0.388 e. The maximum Gasteiger partial charge on any atom is 0.0875 e. The lowest BCUT2D eigenvalue weighted by atomic mass is 9.67. The number of hydrogen-bond donors (Lipinski definition) is 2. The van der Waals surface area contributed by atoms with Crippen molar-refractivity contribution in [1.82, 2.24) is 5.32 Å². The lowest BCUT2D eigenvalue weighted by Crippen LogP contribution is -2.52. The van der Waals surface area contributed by atoms with Gasteiger partial charge in [0.05, 0.1) is 11.6 Å². The van der Waals surface area contributed by atoms with E-state index in [1.807, 2.05) is 0 Å². The zero-order chi connectivity index (χ0) is 14.0. The molecule has 6 unspecified atom stereocenters. The number of benzene rings is 1. The van der Waals surface area contributed by atoms with Crippen LogP contribution in [0.15, 0.2) is 24.3 Å². The maximum absolute atomic E-state index is 11.6. The molecule has 2 N–H and O–H groups in total. The van der Waals surface area contributed by atoms with Crippen LogP contribution in [0.25, 0.3) is 0 Å². The van der Waals surface area contributed by atoms with E-state index in [0.717, 1.165) is 37.1 Å². The van der Waals surface area contributed by atoms with Gasteiger partial charge in [-0.25, -0.2) is 0 Å². The molecule has 1 heterocycles. The Bertz CT molecular complexity index is 570. The molecule has 112 valence electrons. The van der Waals surface area contributed by atoms with Crippen molar-refractivity contribution in [2.75, 3.05) is 6.54 Å². The predicted octanol–water partition coefficient (Wildman–Crippen LogP) is 3.06. The molecule has 3 aliphatic carbocycles. The summed E-state index contributed by atoms with van der Waals surface area (Å²) in [6.07, 6.45) is 7.60. The van der Waals surface area contributed by atoms with Gasteiger partial charge >= 0.3 is 0 Å². The highest BCUT2D eigenvalue weighted by atomic mass is 16.3. The molecule has 6 atom stereocenters. The van der Waals surface area contributed by atoms with E-state index < -0.39 is 5.60 Å². The van der Waals surface area contributed by atoms with E-state index in [1.165, 1.54) is 36.8 Å². The summed E-state index contributed by atoms with van der Waals surface area (Å²) in [4.78, 5) is 0. The molecule has 0 amide bonds. The first-order valence-electron chi connectivity index (χ1n) is 8.81. The summed E-state index contributed by atoms with van der Waals surface area (Å²) in [5.74, 6) is 3.08. The molecule has 0 saturated heterocycles. The Balaban J connectivity index is 1.54. The molecule has 2 heteroatoms. The molecule has 21 heavy (non-hydrogen) atoms. The van der Waals surface area contributed by atoms with Crippen molar-refractivity contribution in [1.29, 1.82) is 0 Å². The van der Waals surface area contributed by atoms with Crippen LogP contribution < -0.4 is 5.32 Å². The Morgan fingerprint density at radius 1 is 1.14 bits per heavy atom. The van der Waals surface area contributed by atoms with Gasteiger partial charge in [0.25, 0.3) is 0 Å². The van der Waals surface area contributed by atoms with Crippen molar-refractivity contribution in [2.45, 2.75) is 50.2 Å². The SMILES string of the molecule is OC1(C2NCCc3ccccc32)CC2CC1C1CCCC21. The van der Waals surface area contributed by atoms with Gasteiger partial charge < -0.3 is 10.4 Å². The normalized spacial score (nSPS) is 47.4. The first-order valence-corrected chi connectivity index (χ1v) is 8.81. The summed E-state index contributed by atoms with van der Waals surface area (Å²) in [5.41, 5.74) is 2.32. The first kappa shape index (κ1) is 12.7. The van der Waals surface area contributed by atoms with E-state index in [0.29, 0.717) is 5.92 Å². The maximum atomic E-state index is 11.6. The summed E-state index contributed by atoms with van der Waals surface area (Å²) in [5, 5.41) is 15.3. The monoisotopic (exact) mass is 283 g/mol. The molecule has 3 saturated carbocycles. The van der Waals surface area contributed by atoms with Crippen LogP contribution in [0.1, 0.15) is 49.3 Å². The summed E-state index contributed by atoms with van der Waals surface area (Å²) in [6, 6.07) is 8.92. The fourth-order valence-electron chi connectivity index (χ4n) is 6.44. The Labute approximate surface area is 126 Å². The van der Waals surface area contributed by atoms with E-state index in [4.69, 9.17) is 0 Å². The van der Waals surface area contributed by atoms with E-state index in [-0.39, 0.29) is 6.04 Å². The van der Waals surface area contributed by atoms with Crippen molar-refractivity contribution in [2.24, 2.45) is 23.7 Å². The highest BCUT2D eigenvalue weighted by Gasteiger charge is 2.63. The van der Waals surface area contributed by atoms with Crippen LogP contribution >= 0.6 is 0 Å². The zero-order valence-corrected chi connectivity index (χ0v) is 12.6. The van der Waals surface area contributed by atoms with Crippen LogP contribution in [0.2, 0.25) is 0 Å². The average molecular weight is 283 g/mol. The van der Waals surface area contributed by atoms with E-state index in [1.54, 1.807) is 0 Å². The largest absolute Gasteiger partial charge is 0.388 e. The molecule has 1 aromatic carbocycles. The second-order valence-electron chi connectivity index (χ2n) is 7.89. The summed E-state index contributed by atoms with van der Waals surface area (Å²) in [6.45, 7) is 1.01. The lowest BCUT2D eigenvalue weighted by molar-refractivity contribution is -0.0765. The first-order chi connectivity index (χ1) is 10.3. The highest BCUT2D eigenvalue weighted by Crippen LogP contribution is 2.65. The van der Waals surface area contributed by atoms with Crippen LogP contribution in [0.5, 0.6) is 0 Å². The third kappa shape index (κ3) is 1.61. The molecular weight excluding hydrogens is 258 g/mol. The molecule has 5 rings (SSSR count). The van der Waals surface area contributed by atoms with Crippen molar-refractivity contribution >= 4 is 0 Å². The number of nitrogens with one attached hydrogen (secondary N) is 1. The van der Waals surface area contributed by atoms with Gasteiger partial charge in [-0.3, -0.25) is 0 Å². The average Bonchev–Trinajstić information content (AvgIpc) is 3.18. The summed E-state index contributed by atoms with van der Waals surface area (Å²) >= 11 is 0. The minimum atomic E-state index is -0.493. The van der Waals surface area contributed by atoms with Gasteiger partial charge in [0.2, 0.25) is 0 Å². The van der Waals surface area contributed by atoms with Crippen molar-refractivity contribution in [3.63, 3.8) is 0 Å². The molecule has 2 nitrogen and oxygen atoms in total. The van der Waals surface area contributed by atoms with Crippen molar-refractivity contribution < 1.29 is 5.11 Å². The number of rotatable bonds is 1. The van der Waals surface area contributed by atoms with Gasteiger partial charge in [-0.1, -0.05) is 30.7 Å². The van der Waals surface area contributed by atoms with Gasteiger partial charge in [-0.05, 0) is 73.4 Å². The van der Waals surface area contributed by atoms with E-state index >= 15 is 0 Å². The van der Waals surface area contributed by atoms with E-state index in [2.05, 4.69) is 29.6 Å². The van der Waals surface area contributed by atoms with Crippen molar-refractivity contribution in [3.8, 4) is 0 Å². The van der Waals surface area contributed by atoms with Gasteiger partial charge in [0, 0.05) is 0 Å². The fourth-order valence-corrected chi connectivity index (χ4v) is 6.44. The van der Waals surface area contributed by atoms with E-state index in [9.17, 15) is 5.11 Å². The molecule has 2 bridgehead atoms. The summed E-state index contributed by atoms with van der Waals surface area (Å²) in [7, 11) is 0. The Kier molecular flexibility index (Phi) is 2.61.